The van der Waals surface area contributed by atoms with Crippen molar-refractivity contribution in [3.8, 4) is 0 Å². The van der Waals surface area contributed by atoms with Gasteiger partial charge in [-0.2, -0.15) is 0 Å². The first-order valence-electron chi connectivity index (χ1n) is 3.64. The van der Waals surface area contributed by atoms with E-state index >= 15 is 0 Å². The second-order valence-electron chi connectivity index (χ2n) is 2.28. The van der Waals surface area contributed by atoms with Gasteiger partial charge in [-0.1, -0.05) is 24.3 Å². The summed E-state index contributed by atoms with van der Waals surface area (Å²) < 4.78 is 0. The summed E-state index contributed by atoms with van der Waals surface area (Å²) in [4.78, 5) is 40.3. The minimum absolute atomic E-state index is 0. The van der Waals surface area contributed by atoms with Crippen LogP contribution in [0.4, 0.5) is 0 Å². The first-order chi connectivity index (χ1) is 6.74. The molecule has 0 saturated heterocycles. The van der Waals surface area contributed by atoms with Gasteiger partial charge >= 0.3 is 53.2 Å². The Morgan fingerprint density at radius 3 is 1.07 bits per heavy atom. The second kappa shape index (κ2) is 9.87. The maximum absolute atomic E-state index is 9.90. The van der Waals surface area contributed by atoms with Crippen molar-refractivity contribution in [1.29, 1.82) is 0 Å². The van der Waals surface area contributed by atoms with E-state index in [0.29, 0.717) is 0 Å². The Morgan fingerprint density at radius 2 is 1.00 bits per heavy atom. The van der Waals surface area contributed by atoms with Crippen molar-refractivity contribution in [3.63, 3.8) is 0 Å². The molecular weight excluding hydrogens is 274 g/mol. The van der Waals surface area contributed by atoms with Crippen molar-refractivity contribution in [2.75, 3.05) is 0 Å². The third kappa shape index (κ3) is 6.42. The first-order valence-corrected chi connectivity index (χ1v) is 6.87. The van der Waals surface area contributed by atoms with Crippen LogP contribution in [0.2, 0.25) is 0 Å². The monoisotopic (exact) mass is 283 g/mol. The van der Waals surface area contributed by atoms with E-state index in [9.17, 15) is 19.2 Å². The van der Waals surface area contributed by atoms with E-state index in [4.69, 9.17) is 0 Å². The van der Waals surface area contributed by atoms with E-state index in [1.165, 1.54) is 0 Å². The van der Waals surface area contributed by atoms with E-state index in [1.54, 1.807) is 0 Å². The van der Waals surface area contributed by atoms with Gasteiger partial charge in [-0.05, 0) is 0 Å². The van der Waals surface area contributed by atoms with Crippen LogP contribution in [-0.2, 0) is 51.8 Å². The molecule has 0 aromatic heterocycles. The summed E-state index contributed by atoms with van der Waals surface area (Å²) in [6.45, 7) is 0. The van der Waals surface area contributed by atoms with Crippen LogP contribution < -0.4 is 0 Å². The predicted octanol–water partition coefficient (Wildman–Crippen LogP) is 0.215. The zero-order valence-corrected chi connectivity index (χ0v) is 10.5. The third-order valence-electron chi connectivity index (χ3n) is 1.29. The van der Waals surface area contributed by atoms with Gasteiger partial charge in [0.05, 0.1) is 0 Å². The number of carbonyl (C=O) groups excluding carboxylic acids is 4. The van der Waals surface area contributed by atoms with Gasteiger partial charge < -0.3 is 0 Å². The summed E-state index contributed by atoms with van der Waals surface area (Å²) in [6.07, 6.45) is 10.0. The normalized spacial score (nSPS) is 11.7. The van der Waals surface area contributed by atoms with Crippen molar-refractivity contribution in [3.05, 3.63) is 30.7 Å². The fourth-order valence-electron chi connectivity index (χ4n) is 0.470. The Balaban J connectivity index is 0. The Kier molecular flexibility index (Phi) is 11.0. The second-order valence-corrected chi connectivity index (χ2v) is 6.39. The smallest absolute Gasteiger partial charge is 0.00506 e. The van der Waals surface area contributed by atoms with Crippen LogP contribution in [0.3, 0.4) is 0 Å². The van der Waals surface area contributed by atoms with Crippen LogP contribution in [0.25, 0.3) is 0 Å². The number of hydrogen-bond donors (Lipinski definition) is 0. The van der Waals surface area contributed by atoms with E-state index in [0.717, 1.165) is 0 Å². The topological polar surface area (TPSA) is 68.3 Å². The molecule has 0 N–H and O–H groups in total. The zero-order chi connectivity index (χ0) is 10.9. The SMILES string of the molecule is O=[CH][V]([CH]=O)([CH]=O)[CH]=O.[CH]1C=CC=C1.[V]. The Labute approximate surface area is 102 Å². The molecule has 15 heavy (non-hydrogen) atoms. The zero-order valence-electron chi connectivity index (χ0n) is 7.72. The molecule has 0 aromatic rings. The summed E-state index contributed by atoms with van der Waals surface area (Å²) >= 11 is -3.74. The van der Waals surface area contributed by atoms with Crippen LogP contribution in [-0.4, -0.2) is 20.0 Å². The Morgan fingerprint density at radius 1 is 0.667 bits per heavy atom. The molecule has 4 nitrogen and oxygen atoms in total. The molecule has 0 heterocycles. The maximum Gasteiger partial charge on any atom is 0.00506 e. The van der Waals surface area contributed by atoms with Crippen molar-refractivity contribution in [1.82, 2.24) is 0 Å². The Hall–Kier alpha value is -0.671. The van der Waals surface area contributed by atoms with Gasteiger partial charge in [0.25, 0.3) is 0 Å². The number of carbonyl (C=O) groups is 4. The van der Waals surface area contributed by atoms with Gasteiger partial charge in [0.15, 0.2) is 0 Å². The molecule has 2 radical (unpaired) electrons. The molecular formula is C9H9O4V2. The largest absolute Gasteiger partial charge is 0.0767 e. The fraction of sp³-hybridized carbons (Fsp3) is 0. The standard InChI is InChI=1S/C5H5.4CHO.2V/c1-2-4-5-3-1;4*1-2;;/h1-5H;4*1H;;. The van der Waals surface area contributed by atoms with Gasteiger partial charge in [0.1, 0.15) is 0 Å². The number of allylic oxidation sites excluding steroid dienone is 4. The molecule has 0 saturated carbocycles. The molecule has 0 unspecified atom stereocenters. The quantitative estimate of drug-likeness (QED) is 0.692. The summed E-state index contributed by atoms with van der Waals surface area (Å²) in [5.74, 6) is 0. The minimum atomic E-state index is -3.74. The average molecular weight is 283 g/mol. The average Bonchev–Trinajstić information content (AvgIpc) is 2.80. The van der Waals surface area contributed by atoms with Gasteiger partial charge in [0.2, 0.25) is 0 Å². The van der Waals surface area contributed by atoms with Gasteiger partial charge in [-0.3, -0.25) is 0 Å². The molecule has 6 heteroatoms. The molecule has 1 rings (SSSR count). The number of rotatable bonds is 4. The van der Waals surface area contributed by atoms with E-state index in [1.807, 2.05) is 30.7 Å². The Bertz CT molecular complexity index is 236. The first kappa shape index (κ1) is 16.7. The van der Waals surface area contributed by atoms with Crippen molar-refractivity contribution >= 4 is 20.0 Å². The molecule has 1 aliphatic rings. The maximum atomic E-state index is 9.90. The van der Waals surface area contributed by atoms with Crippen molar-refractivity contribution in [2.24, 2.45) is 0 Å². The minimum Gasteiger partial charge on any atom is -0.0767 e. The van der Waals surface area contributed by atoms with Gasteiger partial charge in [-0.25, -0.2) is 0 Å². The summed E-state index contributed by atoms with van der Waals surface area (Å²) in [5.41, 5.74) is 0. The fourth-order valence-corrected chi connectivity index (χ4v) is 0.935. The molecule has 79 valence electrons. The van der Waals surface area contributed by atoms with Crippen LogP contribution in [0.5, 0.6) is 0 Å². The molecule has 0 bridgehead atoms. The van der Waals surface area contributed by atoms with Gasteiger partial charge in [-0.15, -0.1) is 0 Å². The number of hydrogen-bond acceptors (Lipinski definition) is 4. The molecule has 0 amide bonds. The summed E-state index contributed by atoms with van der Waals surface area (Å²) in [7, 11) is 0. The summed E-state index contributed by atoms with van der Waals surface area (Å²) in [6, 6.07) is 0. The van der Waals surface area contributed by atoms with Crippen LogP contribution in [0.1, 0.15) is 0 Å². The van der Waals surface area contributed by atoms with E-state index in [-0.39, 0.29) is 38.5 Å². The predicted molar refractivity (Wildman–Crippen MR) is 49.6 cm³/mol. The van der Waals surface area contributed by atoms with E-state index < -0.39 is 14.0 Å². The van der Waals surface area contributed by atoms with Crippen molar-refractivity contribution in [2.45, 2.75) is 0 Å². The van der Waals surface area contributed by atoms with Crippen LogP contribution in [0.15, 0.2) is 24.3 Å². The summed E-state index contributed by atoms with van der Waals surface area (Å²) in [5, 5.41) is 0. The molecule has 1 aliphatic carbocycles. The van der Waals surface area contributed by atoms with E-state index in [2.05, 4.69) is 0 Å². The molecule has 0 aliphatic heterocycles. The van der Waals surface area contributed by atoms with Crippen molar-refractivity contribution < 1.29 is 51.8 Å². The molecule has 0 spiro atoms. The molecule has 0 atom stereocenters. The third-order valence-corrected chi connectivity index (χ3v) is 3.57. The van der Waals surface area contributed by atoms with Gasteiger partial charge in [0, 0.05) is 25.0 Å². The molecule has 0 aromatic carbocycles. The van der Waals surface area contributed by atoms with Crippen LogP contribution in [0, 0.1) is 6.42 Å². The molecule has 0 fully saturated rings. The van der Waals surface area contributed by atoms with Crippen LogP contribution >= 0.6 is 0 Å².